The van der Waals surface area contributed by atoms with Crippen molar-refractivity contribution in [2.24, 2.45) is 0 Å². The number of hydrogen-bond donors (Lipinski definition) is 3. The Morgan fingerprint density at radius 1 is 0.455 bits per heavy atom. The van der Waals surface area contributed by atoms with Gasteiger partial charge in [0.15, 0.2) is 0 Å². The molecule has 0 aliphatic carbocycles. The monoisotopic (exact) mass is 624 g/mol. The molecule has 0 radical (unpaired) electrons. The molecule has 0 aromatic carbocycles. The van der Waals surface area contributed by atoms with Crippen LogP contribution in [0.15, 0.2) is 0 Å². The highest BCUT2D eigenvalue weighted by Crippen LogP contribution is 2.16. The number of aliphatic hydroxyl groups is 2. The lowest BCUT2D eigenvalue weighted by Crippen LogP contribution is -2.45. The van der Waals surface area contributed by atoms with Gasteiger partial charge in [-0.1, -0.05) is 213 Å². The van der Waals surface area contributed by atoms with Gasteiger partial charge in [0.25, 0.3) is 0 Å². The van der Waals surface area contributed by atoms with Gasteiger partial charge in [-0.05, 0) is 12.8 Å². The fourth-order valence-corrected chi connectivity index (χ4v) is 6.48. The summed E-state index contributed by atoms with van der Waals surface area (Å²) in [5, 5.41) is 23.1. The second kappa shape index (κ2) is 36.9. The molecule has 0 aromatic rings. The third-order valence-corrected chi connectivity index (χ3v) is 9.62. The summed E-state index contributed by atoms with van der Waals surface area (Å²) < 4.78 is 0. The van der Waals surface area contributed by atoms with Gasteiger partial charge in [0.1, 0.15) is 0 Å². The second-order valence-electron chi connectivity index (χ2n) is 14.1. The first kappa shape index (κ1) is 43.4. The summed E-state index contributed by atoms with van der Waals surface area (Å²) in [6.45, 7) is 4.37. The van der Waals surface area contributed by atoms with E-state index in [-0.39, 0.29) is 12.5 Å². The average Bonchev–Trinajstić information content (AvgIpc) is 3.03. The first-order valence-electron chi connectivity index (χ1n) is 20.2. The molecule has 0 saturated heterocycles. The van der Waals surface area contributed by atoms with Crippen molar-refractivity contribution in [2.45, 2.75) is 244 Å². The Kier molecular flexibility index (Phi) is 36.3. The van der Waals surface area contributed by atoms with Crippen molar-refractivity contribution in [3.8, 4) is 0 Å². The zero-order valence-corrected chi connectivity index (χ0v) is 30.2. The molecule has 2 unspecified atom stereocenters. The Morgan fingerprint density at radius 2 is 0.727 bits per heavy atom. The molecular formula is C40H81NO3. The van der Waals surface area contributed by atoms with Gasteiger partial charge in [-0.3, -0.25) is 4.79 Å². The van der Waals surface area contributed by atoms with E-state index in [1.165, 1.54) is 180 Å². The van der Waals surface area contributed by atoms with Crippen LogP contribution in [-0.4, -0.2) is 34.9 Å². The van der Waals surface area contributed by atoms with Crippen LogP contribution in [0.25, 0.3) is 0 Å². The van der Waals surface area contributed by atoms with Crippen LogP contribution in [0.2, 0.25) is 0 Å². The van der Waals surface area contributed by atoms with E-state index in [1.807, 2.05) is 0 Å². The molecule has 4 nitrogen and oxygen atoms in total. The van der Waals surface area contributed by atoms with E-state index >= 15 is 0 Å². The van der Waals surface area contributed by atoms with Gasteiger partial charge >= 0.3 is 0 Å². The van der Waals surface area contributed by atoms with Crippen molar-refractivity contribution in [3.05, 3.63) is 0 Å². The number of hydrogen-bond acceptors (Lipinski definition) is 3. The smallest absolute Gasteiger partial charge is 0.220 e. The molecule has 44 heavy (non-hydrogen) atoms. The second-order valence-corrected chi connectivity index (χ2v) is 14.1. The van der Waals surface area contributed by atoms with Crippen LogP contribution >= 0.6 is 0 Å². The molecule has 0 aliphatic rings. The maximum atomic E-state index is 12.3. The van der Waals surface area contributed by atoms with Crippen LogP contribution in [0, 0.1) is 0 Å². The van der Waals surface area contributed by atoms with E-state index in [0.29, 0.717) is 12.8 Å². The molecule has 3 N–H and O–H groups in total. The molecule has 0 spiro atoms. The van der Waals surface area contributed by atoms with Crippen molar-refractivity contribution >= 4 is 5.91 Å². The van der Waals surface area contributed by atoms with Crippen LogP contribution in [0.5, 0.6) is 0 Å². The largest absolute Gasteiger partial charge is 0.394 e. The third-order valence-electron chi connectivity index (χ3n) is 9.62. The molecule has 0 saturated carbocycles. The number of rotatable bonds is 37. The molecular weight excluding hydrogens is 542 g/mol. The molecule has 0 aromatic heterocycles. The maximum absolute atomic E-state index is 12.3. The highest BCUT2D eigenvalue weighted by molar-refractivity contribution is 5.76. The molecule has 4 heteroatoms. The Bertz CT molecular complexity index is 555. The predicted molar refractivity (Wildman–Crippen MR) is 193 cm³/mol. The lowest BCUT2D eigenvalue weighted by atomic mass is 10.0. The summed E-state index contributed by atoms with van der Waals surface area (Å²) in [6.07, 6.45) is 43.1. The standard InChI is InChI=1S/C40H81NO3/c1-3-5-7-9-11-13-15-17-19-20-21-22-23-25-27-29-31-33-35-39(43)38(37-42)41-40(44)36-34-32-30-28-26-24-18-16-14-12-10-8-6-4-2/h38-39,42-43H,3-37H2,1-2H3,(H,41,44). The van der Waals surface area contributed by atoms with Gasteiger partial charge in [-0.2, -0.15) is 0 Å². The first-order chi connectivity index (χ1) is 21.7. The topological polar surface area (TPSA) is 69.6 Å². The summed E-state index contributed by atoms with van der Waals surface area (Å²) in [7, 11) is 0. The minimum absolute atomic E-state index is 0.0279. The molecule has 0 aliphatic heterocycles. The van der Waals surface area contributed by atoms with Crippen LogP contribution in [0.4, 0.5) is 0 Å². The Morgan fingerprint density at radius 3 is 1.02 bits per heavy atom. The minimum Gasteiger partial charge on any atom is -0.394 e. The lowest BCUT2D eigenvalue weighted by Gasteiger charge is -2.22. The van der Waals surface area contributed by atoms with Crippen molar-refractivity contribution in [2.75, 3.05) is 6.61 Å². The van der Waals surface area contributed by atoms with Crippen molar-refractivity contribution < 1.29 is 15.0 Å². The zero-order valence-electron chi connectivity index (χ0n) is 30.2. The normalized spacial score (nSPS) is 12.9. The number of unbranched alkanes of at least 4 members (excludes halogenated alkanes) is 30. The van der Waals surface area contributed by atoms with Crippen molar-refractivity contribution in [1.29, 1.82) is 0 Å². The number of carbonyl (C=O) groups excluding carboxylic acids is 1. The summed E-state index contributed by atoms with van der Waals surface area (Å²) in [4.78, 5) is 12.3. The molecule has 0 fully saturated rings. The number of amides is 1. The third kappa shape index (κ3) is 32.8. The summed E-state index contributed by atoms with van der Waals surface area (Å²) in [5.41, 5.74) is 0. The summed E-state index contributed by atoms with van der Waals surface area (Å²) in [5.74, 6) is -0.0279. The SMILES string of the molecule is CCCCCCCCCCCCCCCCCCCCC(O)C(CO)NC(=O)CCCCCCCCCCCCCCCC. The van der Waals surface area contributed by atoms with Crippen molar-refractivity contribution in [3.63, 3.8) is 0 Å². The van der Waals surface area contributed by atoms with Crippen LogP contribution in [-0.2, 0) is 4.79 Å². The molecule has 1 amide bonds. The van der Waals surface area contributed by atoms with Crippen LogP contribution < -0.4 is 5.32 Å². The molecule has 0 rings (SSSR count). The van der Waals surface area contributed by atoms with E-state index < -0.39 is 12.1 Å². The molecule has 0 bridgehead atoms. The van der Waals surface area contributed by atoms with Crippen molar-refractivity contribution in [1.82, 2.24) is 5.32 Å². The van der Waals surface area contributed by atoms with E-state index in [9.17, 15) is 15.0 Å². The Balaban J connectivity index is 3.49. The highest BCUT2D eigenvalue weighted by atomic mass is 16.3. The van der Waals surface area contributed by atoms with Gasteiger partial charge in [0.2, 0.25) is 5.91 Å². The van der Waals surface area contributed by atoms with E-state index in [1.54, 1.807) is 0 Å². The maximum Gasteiger partial charge on any atom is 0.220 e. The quantitative estimate of drug-likeness (QED) is 0.0603. The Hall–Kier alpha value is -0.610. The Labute approximate surface area is 276 Å². The average molecular weight is 624 g/mol. The molecule has 0 heterocycles. The van der Waals surface area contributed by atoms with Crippen LogP contribution in [0.3, 0.4) is 0 Å². The van der Waals surface area contributed by atoms with Gasteiger partial charge < -0.3 is 15.5 Å². The van der Waals surface area contributed by atoms with Gasteiger partial charge in [0, 0.05) is 6.42 Å². The van der Waals surface area contributed by atoms with Gasteiger partial charge in [-0.25, -0.2) is 0 Å². The zero-order chi connectivity index (χ0) is 32.2. The predicted octanol–water partition coefficient (Wildman–Crippen LogP) is 12.1. The summed E-state index contributed by atoms with van der Waals surface area (Å²) in [6, 6.07) is -0.528. The van der Waals surface area contributed by atoms with E-state index in [4.69, 9.17) is 0 Å². The van der Waals surface area contributed by atoms with Crippen LogP contribution in [0.1, 0.15) is 232 Å². The number of aliphatic hydroxyl groups excluding tert-OH is 2. The van der Waals surface area contributed by atoms with E-state index in [2.05, 4.69) is 19.2 Å². The summed E-state index contributed by atoms with van der Waals surface area (Å²) >= 11 is 0. The fourth-order valence-electron chi connectivity index (χ4n) is 6.48. The highest BCUT2D eigenvalue weighted by Gasteiger charge is 2.19. The molecule has 2 atom stereocenters. The first-order valence-corrected chi connectivity index (χ1v) is 20.2. The lowest BCUT2D eigenvalue weighted by molar-refractivity contribution is -0.123. The van der Waals surface area contributed by atoms with E-state index in [0.717, 1.165) is 25.7 Å². The minimum atomic E-state index is -0.652. The van der Waals surface area contributed by atoms with Gasteiger partial charge in [0.05, 0.1) is 18.8 Å². The molecule has 264 valence electrons. The number of nitrogens with one attached hydrogen (secondary N) is 1. The van der Waals surface area contributed by atoms with Gasteiger partial charge in [-0.15, -0.1) is 0 Å². The fraction of sp³-hybridized carbons (Fsp3) is 0.975. The number of carbonyl (C=O) groups is 1.